The maximum absolute atomic E-state index is 12.1. The average molecular weight is 310 g/mol. The maximum Gasteiger partial charge on any atom is 0.152 e. The van der Waals surface area contributed by atoms with Crippen molar-refractivity contribution in [2.45, 2.75) is 31.4 Å². The topological polar surface area (TPSA) is 48.5 Å². The summed E-state index contributed by atoms with van der Waals surface area (Å²) >= 11 is 0. The Hall–Kier alpha value is -1.14. The van der Waals surface area contributed by atoms with E-state index in [0.717, 1.165) is 49.4 Å². The van der Waals surface area contributed by atoms with E-state index in [9.17, 15) is 4.21 Å². The van der Waals surface area contributed by atoms with Gasteiger partial charge >= 0.3 is 0 Å². The quantitative estimate of drug-likeness (QED) is 0.798. The Kier molecular flexibility index (Phi) is 5.58. The summed E-state index contributed by atoms with van der Waals surface area (Å²) in [7, 11) is 5.21. The van der Waals surface area contributed by atoms with Crippen molar-refractivity contribution in [2.24, 2.45) is 0 Å². The summed E-state index contributed by atoms with van der Waals surface area (Å²) in [4.78, 5) is 8.84. The Balaban J connectivity index is 2.04. The van der Waals surface area contributed by atoms with Gasteiger partial charge in [-0.25, -0.2) is 9.19 Å². The zero-order valence-electron chi connectivity index (χ0n) is 13.4. The van der Waals surface area contributed by atoms with Gasteiger partial charge in [-0.3, -0.25) is 0 Å². The fraction of sp³-hybridized carbons (Fsp3) is 0.667. The van der Waals surface area contributed by atoms with E-state index in [1.807, 2.05) is 26.2 Å². The van der Waals surface area contributed by atoms with Crippen molar-refractivity contribution in [2.75, 3.05) is 43.9 Å². The van der Waals surface area contributed by atoms with E-state index in [0.29, 0.717) is 5.25 Å². The largest absolute Gasteiger partial charge is 0.358 e. The van der Waals surface area contributed by atoms with Crippen LogP contribution < -0.4 is 9.62 Å². The van der Waals surface area contributed by atoms with E-state index in [2.05, 4.69) is 33.6 Å². The van der Waals surface area contributed by atoms with E-state index in [-0.39, 0.29) is 0 Å². The summed E-state index contributed by atoms with van der Waals surface area (Å²) in [5, 5.41) is 0.317. The molecule has 1 fully saturated rings. The van der Waals surface area contributed by atoms with Crippen molar-refractivity contribution in [3.05, 3.63) is 17.8 Å². The first-order valence-corrected chi connectivity index (χ1v) is 8.68. The van der Waals surface area contributed by atoms with Crippen molar-refractivity contribution in [3.63, 3.8) is 0 Å². The molecular weight excluding hydrogens is 284 g/mol. The van der Waals surface area contributed by atoms with Crippen molar-refractivity contribution in [1.29, 1.82) is 0 Å². The van der Waals surface area contributed by atoms with Gasteiger partial charge in [-0.1, -0.05) is 0 Å². The molecule has 6 heteroatoms. The van der Waals surface area contributed by atoms with Gasteiger partial charge in [0.15, 0.2) is 5.82 Å². The first-order chi connectivity index (χ1) is 9.97. The standard InChI is InChI=1S/C15H26N4OS/c1-12-10-14(17-21(20)13-6-7-13)15(16-11-12)19(4)9-5-8-18(2)3/h10-11,13,17H,5-9H2,1-4H3. The highest BCUT2D eigenvalue weighted by molar-refractivity contribution is 7.87. The van der Waals surface area contributed by atoms with Gasteiger partial charge in [0.05, 0.1) is 10.9 Å². The molecule has 1 aromatic heterocycles. The average Bonchev–Trinajstić information content (AvgIpc) is 3.22. The second kappa shape index (κ2) is 7.22. The molecule has 2 rings (SSSR count). The van der Waals surface area contributed by atoms with Crippen LogP contribution in [0.3, 0.4) is 0 Å². The molecule has 1 atom stereocenters. The van der Waals surface area contributed by atoms with E-state index < -0.39 is 11.0 Å². The van der Waals surface area contributed by atoms with Crippen LogP contribution in [0, 0.1) is 6.92 Å². The first kappa shape index (κ1) is 16.2. The zero-order valence-corrected chi connectivity index (χ0v) is 14.2. The van der Waals surface area contributed by atoms with E-state index in [4.69, 9.17) is 0 Å². The van der Waals surface area contributed by atoms with Crippen LogP contribution in [0.25, 0.3) is 0 Å². The molecule has 1 aromatic rings. The summed E-state index contributed by atoms with van der Waals surface area (Å²) in [6.45, 7) is 3.99. The summed E-state index contributed by atoms with van der Waals surface area (Å²) in [5.74, 6) is 0.883. The Morgan fingerprint density at radius 2 is 2.05 bits per heavy atom. The van der Waals surface area contributed by atoms with Crippen LogP contribution in [-0.2, 0) is 11.0 Å². The van der Waals surface area contributed by atoms with Crippen LogP contribution in [0.2, 0.25) is 0 Å². The summed E-state index contributed by atoms with van der Waals surface area (Å²) in [5.41, 5.74) is 1.96. The van der Waals surface area contributed by atoms with Crippen molar-refractivity contribution >= 4 is 22.5 Å². The lowest BCUT2D eigenvalue weighted by atomic mass is 10.2. The molecule has 0 aliphatic heterocycles. The molecule has 0 spiro atoms. The number of anilines is 2. The molecule has 1 aliphatic rings. The van der Waals surface area contributed by atoms with Gasteiger partial charge in [0.2, 0.25) is 0 Å². The number of aromatic nitrogens is 1. The Morgan fingerprint density at radius 3 is 2.67 bits per heavy atom. The third kappa shape index (κ3) is 4.97. The minimum absolute atomic E-state index is 0.317. The number of rotatable bonds is 8. The molecule has 0 aromatic carbocycles. The van der Waals surface area contributed by atoms with Crippen LogP contribution in [0.15, 0.2) is 12.3 Å². The number of hydrogen-bond acceptors (Lipinski definition) is 4. The second-order valence-electron chi connectivity index (χ2n) is 6.06. The molecule has 0 bridgehead atoms. The number of nitrogens with zero attached hydrogens (tertiary/aromatic N) is 3. The maximum atomic E-state index is 12.1. The van der Waals surface area contributed by atoms with Crippen molar-refractivity contribution in [1.82, 2.24) is 9.88 Å². The molecule has 0 saturated heterocycles. The van der Waals surface area contributed by atoms with Gasteiger partial charge in [-0.15, -0.1) is 0 Å². The lowest BCUT2D eigenvalue weighted by Gasteiger charge is -2.22. The van der Waals surface area contributed by atoms with Gasteiger partial charge in [-0.2, -0.15) is 0 Å². The van der Waals surface area contributed by atoms with Crippen molar-refractivity contribution in [3.8, 4) is 0 Å². The SMILES string of the molecule is Cc1cnc(N(C)CCCN(C)C)c(NS(=O)C2CC2)c1. The third-order valence-corrected chi connectivity index (χ3v) is 5.00. The van der Waals surface area contributed by atoms with Crippen molar-refractivity contribution < 1.29 is 4.21 Å². The molecule has 118 valence electrons. The van der Waals surface area contributed by atoms with Gasteiger partial charge < -0.3 is 14.5 Å². The molecule has 21 heavy (non-hydrogen) atoms. The minimum Gasteiger partial charge on any atom is -0.358 e. The van der Waals surface area contributed by atoms with Gasteiger partial charge in [-0.05, 0) is 58.5 Å². The smallest absolute Gasteiger partial charge is 0.152 e. The van der Waals surface area contributed by atoms with Crippen LogP contribution >= 0.6 is 0 Å². The monoisotopic (exact) mass is 310 g/mol. The first-order valence-electron chi connectivity index (χ1n) is 7.47. The number of nitrogens with one attached hydrogen (secondary N) is 1. The molecular formula is C15H26N4OS. The molecule has 1 saturated carbocycles. The summed E-state index contributed by atoms with van der Waals surface area (Å²) in [6.07, 6.45) is 5.06. The van der Waals surface area contributed by atoms with Crippen LogP contribution in [0.1, 0.15) is 24.8 Å². The van der Waals surface area contributed by atoms with Gasteiger partial charge in [0.25, 0.3) is 0 Å². The molecule has 1 heterocycles. The third-order valence-electron chi connectivity index (χ3n) is 3.50. The van der Waals surface area contributed by atoms with E-state index in [1.54, 1.807) is 0 Å². The molecule has 0 radical (unpaired) electrons. The van der Waals surface area contributed by atoms with Gasteiger partial charge in [0, 0.05) is 19.8 Å². The van der Waals surface area contributed by atoms with Crippen LogP contribution in [0.4, 0.5) is 11.5 Å². The predicted octanol–water partition coefficient (Wildman–Crippen LogP) is 2.02. The Labute approximate surface area is 130 Å². The van der Waals surface area contributed by atoms with E-state index in [1.165, 1.54) is 0 Å². The molecule has 1 aliphatic carbocycles. The number of hydrogen-bond donors (Lipinski definition) is 1. The molecule has 0 amide bonds. The van der Waals surface area contributed by atoms with Crippen LogP contribution in [-0.4, -0.2) is 53.6 Å². The Morgan fingerprint density at radius 1 is 1.33 bits per heavy atom. The molecule has 1 unspecified atom stereocenters. The van der Waals surface area contributed by atoms with Crippen LogP contribution in [0.5, 0.6) is 0 Å². The second-order valence-corrected chi connectivity index (χ2v) is 7.53. The van der Waals surface area contributed by atoms with E-state index >= 15 is 0 Å². The fourth-order valence-corrected chi connectivity index (χ4v) is 3.24. The summed E-state index contributed by atoms with van der Waals surface area (Å²) < 4.78 is 15.3. The highest BCUT2D eigenvalue weighted by Crippen LogP contribution is 2.30. The fourth-order valence-electron chi connectivity index (χ4n) is 2.15. The summed E-state index contributed by atoms with van der Waals surface area (Å²) in [6, 6.07) is 2.03. The van der Waals surface area contributed by atoms with Gasteiger partial charge in [0.1, 0.15) is 11.0 Å². The lowest BCUT2D eigenvalue weighted by Crippen LogP contribution is -2.25. The highest BCUT2D eigenvalue weighted by Gasteiger charge is 2.29. The lowest BCUT2D eigenvalue weighted by molar-refractivity contribution is 0.401. The number of aryl methyl sites for hydroxylation is 1. The number of pyridine rings is 1. The normalized spacial score (nSPS) is 16.0. The highest BCUT2D eigenvalue weighted by atomic mass is 32.2. The minimum atomic E-state index is -0.985. The zero-order chi connectivity index (χ0) is 15.4. The molecule has 5 nitrogen and oxygen atoms in total. The molecule has 1 N–H and O–H groups in total. The Bertz CT molecular complexity index is 502. The predicted molar refractivity (Wildman–Crippen MR) is 90.2 cm³/mol.